The van der Waals surface area contributed by atoms with Gasteiger partial charge in [-0.1, -0.05) is 6.07 Å². The van der Waals surface area contributed by atoms with Crippen LogP contribution >= 0.6 is 10.7 Å². The van der Waals surface area contributed by atoms with Crippen molar-refractivity contribution in [2.45, 2.75) is 32.6 Å². The second kappa shape index (κ2) is 8.40. The summed E-state index contributed by atoms with van der Waals surface area (Å²) in [5, 5.41) is 0. The molecule has 0 aliphatic carbocycles. The molecular weight excluding hydrogens is 348 g/mol. The summed E-state index contributed by atoms with van der Waals surface area (Å²) in [7, 11) is 4.84. The molecule has 2 rings (SSSR count). The zero-order valence-electron chi connectivity index (χ0n) is 14.8. The number of rotatable bonds is 3. The van der Waals surface area contributed by atoms with Crippen molar-refractivity contribution in [2.75, 3.05) is 14.2 Å². The topological polar surface area (TPSA) is 52.6 Å². The Morgan fingerprint density at radius 1 is 0.750 bits per heavy atom. The molecule has 0 fully saturated rings. The lowest BCUT2D eigenvalue weighted by molar-refractivity contribution is 0.413. The van der Waals surface area contributed by atoms with Gasteiger partial charge in [0, 0.05) is 10.7 Å². The first-order valence-corrected chi connectivity index (χ1v) is 9.61. The Hall–Kier alpha value is -1.72. The van der Waals surface area contributed by atoms with Crippen molar-refractivity contribution < 1.29 is 17.9 Å². The smallest absolute Gasteiger partial charge is 0.261 e. The van der Waals surface area contributed by atoms with Crippen LogP contribution in [0.5, 0.6) is 11.5 Å². The Bertz CT molecular complexity index is 771. The SMILES string of the molecule is COc1cc(C)c(S(=O)(=O)Cl)c(C)c1.COc1cc(C)cc(C)c1. The van der Waals surface area contributed by atoms with Crippen molar-refractivity contribution >= 4 is 19.7 Å². The van der Waals surface area contributed by atoms with Gasteiger partial charge in [-0.2, -0.15) is 0 Å². The predicted molar refractivity (Wildman–Crippen MR) is 98.0 cm³/mol. The summed E-state index contributed by atoms with van der Waals surface area (Å²) < 4.78 is 32.5. The molecule has 2 aromatic carbocycles. The highest BCUT2D eigenvalue weighted by Crippen LogP contribution is 2.27. The van der Waals surface area contributed by atoms with E-state index in [-0.39, 0.29) is 4.90 Å². The van der Waals surface area contributed by atoms with Crippen LogP contribution in [-0.4, -0.2) is 22.6 Å². The summed E-state index contributed by atoms with van der Waals surface area (Å²) in [4.78, 5) is 0.167. The molecule has 0 atom stereocenters. The average Bonchev–Trinajstić information content (AvgIpc) is 2.44. The number of hydrogen-bond acceptors (Lipinski definition) is 4. The first kappa shape index (κ1) is 20.3. The molecule has 0 heterocycles. The molecule has 0 radical (unpaired) electrons. The van der Waals surface area contributed by atoms with Gasteiger partial charge < -0.3 is 9.47 Å². The minimum absolute atomic E-state index is 0.167. The first-order chi connectivity index (χ1) is 11.1. The van der Waals surface area contributed by atoms with Gasteiger partial charge in [0.2, 0.25) is 0 Å². The highest BCUT2D eigenvalue weighted by molar-refractivity contribution is 8.13. The van der Waals surface area contributed by atoms with Crippen molar-refractivity contribution in [3.63, 3.8) is 0 Å². The molecule has 2 aromatic rings. The van der Waals surface area contributed by atoms with Gasteiger partial charge in [0.25, 0.3) is 9.05 Å². The Kier molecular flexibility index (Phi) is 7.11. The first-order valence-electron chi connectivity index (χ1n) is 7.30. The number of benzene rings is 2. The molecule has 0 aromatic heterocycles. The molecule has 0 amide bonds. The number of hydrogen-bond donors (Lipinski definition) is 0. The molecule has 0 spiro atoms. The molecule has 4 nitrogen and oxygen atoms in total. The van der Waals surface area contributed by atoms with Gasteiger partial charge >= 0.3 is 0 Å². The minimum Gasteiger partial charge on any atom is -0.497 e. The van der Waals surface area contributed by atoms with E-state index in [1.807, 2.05) is 12.1 Å². The van der Waals surface area contributed by atoms with Gasteiger partial charge in [-0.15, -0.1) is 0 Å². The molecule has 0 saturated heterocycles. The third kappa shape index (κ3) is 5.73. The van der Waals surface area contributed by atoms with Gasteiger partial charge in [0.05, 0.1) is 19.1 Å². The molecule has 24 heavy (non-hydrogen) atoms. The van der Waals surface area contributed by atoms with Crippen molar-refractivity contribution in [1.29, 1.82) is 0 Å². The second-order valence-electron chi connectivity index (χ2n) is 5.56. The van der Waals surface area contributed by atoms with E-state index in [9.17, 15) is 8.42 Å². The third-order valence-electron chi connectivity index (χ3n) is 3.34. The van der Waals surface area contributed by atoms with E-state index in [1.165, 1.54) is 18.2 Å². The van der Waals surface area contributed by atoms with Crippen molar-refractivity contribution in [1.82, 2.24) is 0 Å². The summed E-state index contributed by atoms with van der Waals surface area (Å²) in [6.07, 6.45) is 0. The van der Waals surface area contributed by atoms with E-state index in [0.29, 0.717) is 16.9 Å². The maximum absolute atomic E-state index is 11.2. The summed E-state index contributed by atoms with van der Waals surface area (Å²) in [6.45, 7) is 7.50. The van der Waals surface area contributed by atoms with E-state index in [1.54, 1.807) is 33.1 Å². The zero-order chi connectivity index (χ0) is 18.5. The fraction of sp³-hybridized carbons (Fsp3) is 0.333. The van der Waals surface area contributed by atoms with Crippen molar-refractivity contribution in [2.24, 2.45) is 0 Å². The van der Waals surface area contributed by atoms with Crippen LogP contribution in [0.25, 0.3) is 0 Å². The van der Waals surface area contributed by atoms with Gasteiger partial charge in [0.15, 0.2) is 0 Å². The molecule has 0 N–H and O–H groups in total. The van der Waals surface area contributed by atoms with Gasteiger partial charge in [-0.3, -0.25) is 0 Å². The molecule has 0 saturated carbocycles. The monoisotopic (exact) mass is 370 g/mol. The Morgan fingerprint density at radius 3 is 1.46 bits per heavy atom. The van der Waals surface area contributed by atoms with Crippen LogP contribution in [0.15, 0.2) is 35.2 Å². The van der Waals surface area contributed by atoms with E-state index >= 15 is 0 Å². The van der Waals surface area contributed by atoms with Gasteiger partial charge in [0.1, 0.15) is 11.5 Å². The van der Waals surface area contributed by atoms with E-state index in [2.05, 4.69) is 19.9 Å². The Morgan fingerprint density at radius 2 is 1.12 bits per heavy atom. The zero-order valence-corrected chi connectivity index (χ0v) is 16.4. The number of aryl methyl sites for hydroxylation is 4. The van der Waals surface area contributed by atoms with E-state index < -0.39 is 9.05 Å². The quantitative estimate of drug-likeness (QED) is 0.743. The lowest BCUT2D eigenvalue weighted by Crippen LogP contribution is -1.99. The minimum atomic E-state index is -3.67. The fourth-order valence-corrected chi connectivity index (χ4v) is 4.08. The van der Waals surface area contributed by atoms with Crippen LogP contribution in [-0.2, 0) is 9.05 Å². The lowest BCUT2D eigenvalue weighted by Gasteiger charge is -2.08. The normalized spacial score (nSPS) is 10.6. The number of methoxy groups -OCH3 is 2. The van der Waals surface area contributed by atoms with E-state index in [4.69, 9.17) is 20.2 Å². The fourth-order valence-electron chi connectivity index (χ4n) is 2.46. The van der Waals surface area contributed by atoms with Crippen molar-refractivity contribution in [3.05, 3.63) is 52.6 Å². The van der Waals surface area contributed by atoms with Crippen molar-refractivity contribution in [3.8, 4) is 11.5 Å². The number of halogens is 1. The van der Waals surface area contributed by atoms with Crippen LogP contribution in [0.1, 0.15) is 22.3 Å². The molecular formula is C18H23ClO4S. The van der Waals surface area contributed by atoms with Crippen LogP contribution in [0.4, 0.5) is 0 Å². The van der Waals surface area contributed by atoms with Crippen LogP contribution in [0.3, 0.4) is 0 Å². The van der Waals surface area contributed by atoms with Crippen LogP contribution in [0, 0.1) is 27.7 Å². The molecule has 6 heteroatoms. The molecule has 0 unspecified atom stereocenters. The summed E-state index contributed by atoms with van der Waals surface area (Å²) in [6, 6.07) is 9.45. The largest absolute Gasteiger partial charge is 0.497 e. The van der Waals surface area contributed by atoms with Crippen LogP contribution < -0.4 is 9.47 Å². The molecule has 0 aliphatic rings. The maximum atomic E-state index is 11.2. The predicted octanol–water partition coefficient (Wildman–Crippen LogP) is 4.55. The number of ether oxygens (including phenoxy) is 2. The van der Waals surface area contributed by atoms with E-state index in [0.717, 1.165) is 5.75 Å². The lowest BCUT2D eigenvalue weighted by atomic mass is 10.1. The highest BCUT2D eigenvalue weighted by atomic mass is 35.7. The highest BCUT2D eigenvalue weighted by Gasteiger charge is 2.17. The standard InChI is InChI=1S/C9H11ClO3S.C9H12O/c1-6-4-8(13-3)5-7(2)9(6)14(10,11)12;1-7-4-8(2)6-9(5-7)10-3/h4-5H,1-3H3;4-6H,1-3H3. The molecule has 0 bridgehead atoms. The Labute approximate surface area is 148 Å². The summed E-state index contributed by atoms with van der Waals surface area (Å²) in [5.41, 5.74) is 3.68. The Balaban J connectivity index is 0.000000254. The van der Waals surface area contributed by atoms with Gasteiger partial charge in [-0.25, -0.2) is 8.42 Å². The van der Waals surface area contributed by atoms with Gasteiger partial charge in [-0.05, 0) is 74.2 Å². The summed E-state index contributed by atoms with van der Waals surface area (Å²) >= 11 is 0. The molecule has 132 valence electrons. The average molecular weight is 371 g/mol. The third-order valence-corrected chi connectivity index (χ3v) is 4.94. The molecule has 0 aliphatic heterocycles. The maximum Gasteiger partial charge on any atom is 0.261 e. The van der Waals surface area contributed by atoms with Crippen LogP contribution in [0.2, 0.25) is 0 Å². The summed E-state index contributed by atoms with van der Waals surface area (Å²) in [5.74, 6) is 1.57. The second-order valence-corrected chi connectivity index (χ2v) is 8.06.